The van der Waals surface area contributed by atoms with Gasteiger partial charge in [-0.15, -0.1) is 0 Å². The van der Waals surface area contributed by atoms with E-state index in [1.54, 1.807) is 12.1 Å². The van der Waals surface area contributed by atoms with E-state index in [0.29, 0.717) is 16.9 Å². The quantitative estimate of drug-likeness (QED) is 0.664. The van der Waals surface area contributed by atoms with Gasteiger partial charge in [0.05, 0.1) is 18.5 Å². The third kappa shape index (κ3) is 3.06. The SMILES string of the molecule is COC(=O)C(Nc1cc(F)ccc1N)c1ccccc1. The number of ether oxygens (including phenoxy) is 1. The fourth-order valence-electron chi connectivity index (χ4n) is 1.85. The van der Waals surface area contributed by atoms with Gasteiger partial charge < -0.3 is 15.8 Å². The Kier molecular flexibility index (Phi) is 4.20. The second-order valence-corrected chi connectivity index (χ2v) is 4.24. The summed E-state index contributed by atoms with van der Waals surface area (Å²) in [6.45, 7) is 0. The first-order valence-electron chi connectivity index (χ1n) is 6.06. The highest BCUT2D eigenvalue weighted by atomic mass is 19.1. The summed E-state index contributed by atoms with van der Waals surface area (Å²) in [6, 6.07) is 12.2. The van der Waals surface area contributed by atoms with E-state index in [1.807, 2.05) is 18.2 Å². The predicted octanol–water partition coefficient (Wildman–Crippen LogP) is 2.73. The van der Waals surface area contributed by atoms with Crippen molar-refractivity contribution in [1.29, 1.82) is 0 Å². The van der Waals surface area contributed by atoms with Gasteiger partial charge in [0, 0.05) is 0 Å². The standard InChI is InChI=1S/C15H15FN2O2/c1-20-15(19)14(10-5-3-2-4-6-10)18-13-9-11(16)7-8-12(13)17/h2-9,14,18H,17H2,1H3. The molecule has 0 fully saturated rings. The van der Waals surface area contributed by atoms with Crippen molar-refractivity contribution in [2.45, 2.75) is 6.04 Å². The van der Waals surface area contributed by atoms with Crippen LogP contribution in [0.4, 0.5) is 15.8 Å². The Morgan fingerprint density at radius 1 is 1.25 bits per heavy atom. The summed E-state index contributed by atoms with van der Waals surface area (Å²) in [5.74, 6) is -0.904. The molecule has 0 aliphatic rings. The van der Waals surface area contributed by atoms with Crippen molar-refractivity contribution in [3.63, 3.8) is 0 Å². The topological polar surface area (TPSA) is 64.3 Å². The van der Waals surface area contributed by atoms with E-state index < -0.39 is 17.8 Å². The van der Waals surface area contributed by atoms with Crippen LogP contribution in [0.2, 0.25) is 0 Å². The van der Waals surface area contributed by atoms with Crippen molar-refractivity contribution in [2.24, 2.45) is 0 Å². The molecule has 0 bridgehead atoms. The average Bonchev–Trinajstić information content (AvgIpc) is 2.48. The molecule has 1 unspecified atom stereocenters. The molecule has 2 aromatic carbocycles. The Morgan fingerprint density at radius 2 is 1.95 bits per heavy atom. The van der Waals surface area contributed by atoms with Crippen molar-refractivity contribution >= 4 is 17.3 Å². The summed E-state index contributed by atoms with van der Waals surface area (Å²) in [6.07, 6.45) is 0. The summed E-state index contributed by atoms with van der Waals surface area (Å²) in [5, 5.41) is 2.92. The van der Waals surface area contributed by atoms with Gasteiger partial charge in [0.1, 0.15) is 5.82 Å². The van der Waals surface area contributed by atoms with Crippen molar-refractivity contribution in [1.82, 2.24) is 0 Å². The molecule has 0 aliphatic heterocycles. The number of nitrogens with two attached hydrogens (primary N) is 1. The van der Waals surface area contributed by atoms with Gasteiger partial charge in [-0.25, -0.2) is 9.18 Å². The zero-order valence-corrected chi connectivity index (χ0v) is 11.0. The van der Waals surface area contributed by atoms with E-state index in [1.165, 1.54) is 25.3 Å². The second-order valence-electron chi connectivity index (χ2n) is 4.24. The second kappa shape index (κ2) is 6.06. The molecular formula is C15H15FN2O2. The molecule has 2 rings (SSSR count). The summed E-state index contributed by atoms with van der Waals surface area (Å²) in [4.78, 5) is 11.9. The molecule has 0 spiro atoms. The van der Waals surface area contributed by atoms with Gasteiger partial charge in [0.2, 0.25) is 0 Å². The van der Waals surface area contributed by atoms with E-state index in [4.69, 9.17) is 10.5 Å². The number of methoxy groups -OCH3 is 1. The van der Waals surface area contributed by atoms with Crippen LogP contribution in [0, 0.1) is 5.82 Å². The molecule has 104 valence electrons. The Hall–Kier alpha value is -2.56. The molecule has 3 N–H and O–H groups in total. The molecule has 20 heavy (non-hydrogen) atoms. The van der Waals surface area contributed by atoms with Gasteiger partial charge in [0.15, 0.2) is 6.04 Å². The van der Waals surface area contributed by atoms with Crippen molar-refractivity contribution < 1.29 is 13.9 Å². The van der Waals surface area contributed by atoms with Crippen LogP contribution in [0.25, 0.3) is 0 Å². The first kappa shape index (κ1) is 13.9. The van der Waals surface area contributed by atoms with E-state index in [9.17, 15) is 9.18 Å². The fourth-order valence-corrected chi connectivity index (χ4v) is 1.85. The van der Waals surface area contributed by atoms with E-state index in [2.05, 4.69) is 5.32 Å². The van der Waals surface area contributed by atoms with Crippen LogP contribution in [0.5, 0.6) is 0 Å². The maximum Gasteiger partial charge on any atom is 0.332 e. The minimum atomic E-state index is -0.745. The normalized spacial score (nSPS) is 11.7. The zero-order valence-electron chi connectivity index (χ0n) is 11.0. The van der Waals surface area contributed by atoms with Crippen LogP contribution < -0.4 is 11.1 Å². The molecule has 0 aliphatic carbocycles. The van der Waals surface area contributed by atoms with Crippen LogP contribution in [-0.4, -0.2) is 13.1 Å². The lowest BCUT2D eigenvalue weighted by Crippen LogP contribution is -2.22. The summed E-state index contributed by atoms with van der Waals surface area (Å²) in [7, 11) is 1.30. The van der Waals surface area contributed by atoms with Gasteiger partial charge >= 0.3 is 5.97 Å². The first-order chi connectivity index (χ1) is 9.61. The lowest BCUT2D eigenvalue weighted by atomic mass is 10.1. The Morgan fingerprint density at radius 3 is 2.60 bits per heavy atom. The molecule has 0 saturated carbocycles. The van der Waals surface area contributed by atoms with Gasteiger partial charge in [-0.2, -0.15) is 0 Å². The van der Waals surface area contributed by atoms with Gasteiger partial charge in [-0.05, 0) is 23.8 Å². The predicted molar refractivity (Wildman–Crippen MR) is 75.6 cm³/mol. The van der Waals surface area contributed by atoms with Crippen LogP contribution in [0.3, 0.4) is 0 Å². The average molecular weight is 274 g/mol. The number of nitrogen functional groups attached to an aromatic ring is 1. The van der Waals surface area contributed by atoms with Crippen molar-refractivity contribution in [3.05, 3.63) is 59.9 Å². The van der Waals surface area contributed by atoms with E-state index >= 15 is 0 Å². The van der Waals surface area contributed by atoms with Crippen LogP contribution >= 0.6 is 0 Å². The largest absolute Gasteiger partial charge is 0.467 e. The molecule has 0 radical (unpaired) electrons. The molecular weight excluding hydrogens is 259 g/mol. The maximum absolute atomic E-state index is 13.3. The molecule has 0 amide bonds. The Balaban J connectivity index is 2.34. The highest BCUT2D eigenvalue weighted by molar-refractivity contribution is 5.82. The van der Waals surface area contributed by atoms with E-state index in [-0.39, 0.29) is 0 Å². The number of esters is 1. The molecule has 0 aromatic heterocycles. The minimum absolute atomic E-state index is 0.351. The number of halogens is 1. The lowest BCUT2D eigenvalue weighted by molar-refractivity contribution is -0.141. The molecule has 0 saturated heterocycles. The molecule has 4 nitrogen and oxygen atoms in total. The summed E-state index contributed by atoms with van der Waals surface area (Å²) in [5.41, 5.74) is 7.20. The minimum Gasteiger partial charge on any atom is -0.467 e. The molecule has 5 heteroatoms. The third-order valence-corrected chi connectivity index (χ3v) is 2.88. The number of hydrogen-bond acceptors (Lipinski definition) is 4. The maximum atomic E-state index is 13.3. The monoisotopic (exact) mass is 274 g/mol. The number of nitrogens with one attached hydrogen (secondary N) is 1. The summed E-state index contributed by atoms with van der Waals surface area (Å²) < 4.78 is 18.0. The Labute approximate surface area is 116 Å². The summed E-state index contributed by atoms with van der Waals surface area (Å²) >= 11 is 0. The van der Waals surface area contributed by atoms with Crippen molar-refractivity contribution in [2.75, 3.05) is 18.2 Å². The first-order valence-corrected chi connectivity index (χ1v) is 6.06. The zero-order chi connectivity index (χ0) is 14.5. The lowest BCUT2D eigenvalue weighted by Gasteiger charge is -2.19. The number of carbonyl (C=O) groups is 1. The van der Waals surface area contributed by atoms with Gasteiger partial charge in [-0.1, -0.05) is 30.3 Å². The number of anilines is 2. The fraction of sp³-hybridized carbons (Fsp3) is 0.133. The smallest absolute Gasteiger partial charge is 0.332 e. The number of rotatable bonds is 4. The molecule has 0 heterocycles. The van der Waals surface area contributed by atoms with Crippen molar-refractivity contribution in [3.8, 4) is 0 Å². The molecule has 2 aromatic rings. The number of benzene rings is 2. The Bertz CT molecular complexity index is 602. The van der Waals surface area contributed by atoms with Gasteiger partial charge in [0.25, 0.3) is 0 Å². The van der Waals surface area contributed by atoms with Crippen LogP contribution in [0.15, 0.2) is 48.5 Å². The molecule has 1 atom stereocenters. The third-order valence-electron chi connectivity index (χ3n) is 2.88. The number of carbonyl (C=O) groups excluding carboxylic acids is 1. The highest BCUT2D eigenvalue weighted by Crippen LogP contribution is 2.26. The van der Waals surface area contributed by atoms with E-state index in [0.717, 1.165) is 0 Å². The number of hydrogen-bond donors (Lipinski definition) is 2. The van der Waals surface area contributed by atoms with Gasteiger partial charge in [-0.3, -0.25) is 0 Å². The van der Waals surface area contributed by atoms with Crippen LogP contribution in [-0.2, 0) is 9.53 Å². The van der Waals surface area contributed by atoms with Crippen LogP contribution in [0.1, 0.15) is 11.6 Å². The highest BCUT2D eigenvalue weighted by Gasteiger charge is 2.21.